The van der Waals surface area contributed by atoms with Gasteiger partial charge in [-0.3, -0.25) is 10.1 Å². The summed E-state index contributed by atoms with van der Waals surface area (Å²) in [4.78, 5) is 14.9. The number of benzene rings is 1. The van der Waals surface area contributed by atoms with Crippen LogP contribution in [0.25, 0.3) is 0 Å². The molecule has 0 spiro atoms. The lowest BCUT2D eigenvalue weighted by atomic mass is 10.3. The molecule has 2 aromatic rings. The smallest absolute Gasteiger partial charge is 0.273 e. The molecule has 0 bridgehead atoms. The summed E-state index contributed by atoms with van der Waals surface area (Å²) < 4.78 is 10.6. The molecule has 0 aliphatic rings. The number of nitrogens with two attached hydrogens (primary N) is 1. The Kier molecular flexibility index (Phi) is 3.81. The van der Waals surface area contributed by atoms with E-state index in [9.17, 15) is 10.1 Å². The third-order valence-electron chi connectivity index (χ3n) is 2.30. The van der Waals surface area contributed by atoms with Crippen LogP contribution in [0, 0.1) is 10.1 Å². The van der Waals surface area contributed by atoms with Crippen LogP contribution in [0.3, 0.4) is 0 Å². The predicted octanol–water partition coefficient (Wildman–Crippen LogP) is 2.22. The first-order chi connectivity index (χ1) is 9.10. The van der Waals surface area contributed by atoms with Crippen molar-refractivity contribution in [3.05, 3.63) is 39.4 Å². The fourth-order valence-electron chi connectivity index (χ4n) is 1.43. The molecule has 7 nitrogen and oxygen atoms in total. The number of ether oxygens (including phenoxy) is 2. The number of aromatic nitrogens is 1. The van der Waals surface area contributed by atoms with Gasteiger partial charge in [0.2, 0.25) is 0 Å². The SMILES string of the molecule is COc1ccc([N+](=O)[O-])cc1OCc1cnc(N)s1. The van der Waals surface area contributed by atoms with Crippen LogP contribution in [0.2, 0.25) is 0 Å². The first-order valence-corrected chi connectivity index (χ1v) is 6.07. The van der Waals surface area contributed by atoms with Gasteiger partial charge in [0.05, 0.1) is 23.0 Å². The van der Waals surface area contributed by atoms with Crippen LogP contribution in [0.5, 0.6) is 11.5 Å². The molecule has 0 saturated heterocycles. The molecule has 100 valence electrons. The molecule has 1 aromatic carbocycles. The van der Waals surface area contributed by atoms with E-state index in [1.807, 2.05) is 0 Å². The number of anilines is 1. The minimum atomic E-state index is -0.489. The third-order valence-corrected chi connectivity index (χ3v) is 3.10. The Balaban J connectivity index is 2.17. The van der Waals surface area contributed by atoms with Crippen molar-refractivity contribution in [2.24, 2.45) is 0 Å². The monoisotopic (exact) mass is 281 g/mol. The van der Waals surface area contributed by atoms with Crippen molar-refractivity contribution in [1.82, 2.24) is 4.98 Å². The fraction of sp³-hybridized carbons (Fsp3) is 0.182. The summed E-state index contributed by atoms with van der Waals surface area (Å²) in [5.41, 5.74) is 5.45. The van der Waals surface area contributed by atoms with E-state index >= 15 is 0 Å². The molecule has 2 rings (SSSR count). The predicted molar refractivity (Wildman–Crippen MR) is 70.5 cm³/mol. The molecule has 0 amide bonds. The number of rotatable bonds is 5. The van der Waals surface area contributed by atoms with Crippen LogP contribution >= 0.6 is 11.3 Å². The maximum atomic E-state index is 10.7. The summed E-state index contributed by atoms with van der Waals surface area (Å²) in [6.45, 7) is 0.229. The van der Waals surface area contributed by atoms with E-state index in [4.69, 9.17) is 15.2 Å². The molecule has 19 heavy (non-hydrogen) atoms. The number of thiazole rings is 1. The van der Waals surface area contributed by atoms with Crippen molar-refractivity contribution in [2.75, 3.05) is 12.8 Å². The van der Waals surface area contributed by atoms with Gasteiger partial charge in [-0.2, -0.15) is 0 Å². The van der Waals surface area contributed by atoms with Gasteiger partial charge in [0, 0.05) is 12.3 Å². The molecule has 0 radical (unpaired) electrons. The van der Waals surface area contributed by atoms with Gasteiger partial charge in [-0.05, 0) is 6.07 Å². The van der Waals surface area contributed by atoms with Crippen LogP contribution in [-0.4, -0.2) is 17.0 Å². The number of methoxy groups -OCH3 is 1. The largest absolute Gasteiger partial charge is 0.493 e. The molecule has 0 saturated carbocycles. The fourth-order valence-corrected chi connectivity index (χ4v) is 2.03. The Hall–Kier alpha value is -2.35. The molecule has 1 aromatic heterocycles. The van der Waals surface area contributed by atoms with Crippen molar-refractivity contribution in [2.45, 2.75) is 6.61 Å². The van der Waals surface area contributed by atoms with Gasteiger partial charge in [0.25, 0.3) is 5.69 Å². The number of non-ortho nitro benzene ring substituents is 1. The lowest BCUT2D eigenvalue weighted by Crippen LogP contribution is -1.97. The quantitative estimate of drug-likeness (QED) is 0.666. The Bertz CT molecular complexity index is 599. The third kappa shape index (κ3) is 3.10. The molecule has 0 aliphatic carbocycles. The topological polar surface area (TPSA) is 101 Å². The minimum absolute atomic E-state index is 0.0559. The van der Waals surface area contributed by atoms with E-state index in [0.29, 0.717) is 16.6 Å². The van der Waals surface area contributed by atoms with Crippen molar-refractivity contribution in [3.63, 3.8) is 0 Å². The Morgan fingerprint density at radius 1 is 1.47 bits per heavy atom. The van der Waals surface area contributed by atoms with Crippen LogP contribution in [0.15, 0.2) is 24.4 Å². The highest BCUT2D eigenvalue weighted by Gasteiger charge is 2.13. The van der Waals surface area contributed by atoms with Crippen LogP contribution in [0.1, 0.15) is 4.88 Å². The van der Waals surface area contributed by atoms with Crippen molar-refractivity contribution in [1.29, 1.82) is 0 Å². The Morgan fingerprint density at radius 2 is 2.26 bits per heavy atom. The number of nitrogens with zero attached hydrogens (tertiary/aromatic N) is 2. The summed E-state index contributed by atoms with van der Waals surface area (Å²) in [5, 5.41) is 11.2. The summed E-state index contributed by atoms with van der Waals surface area (Å²) in [7, 11) is 1.47. The van der Waals surface area contributed by atoms with Crippen LogP contribution in [-0.2, 0) is 6.61 Å². The normalized spacial score (nSPS) is 10.2. The molecule has 0 atom stereocenters. The molecule has 0 aliphatic heterocycles. The molecule has 8 heteroatoms. The van der Waals surface area contributed by atoms with Gasteiger partial charge < -0.3 is 15.2 Å². The summed E-state index contributed by atoms with van der Waals surface area (Å²) in [6.07, 6.45) is 1.60. The van der Waals surface area contributed by atoms with Crippen LogP contribution < -0.4 is 15.2 Å². The minimum Gasteiger partial charge on any atom is -0.493 e. The first-order valence-electron chi connectivity index (χ1n) is 5.25. The Labute approximate surface area is 112 Å². The highest BCUT2D eigenvalue weighted by molar-refractivity contribution is 7.15. The zero-order chi connectivity index (χ0) is 13.8. The zero-order valence-corrected chi connectivity index (χ0v) is 10.8. The van der Waals surface area contributed by atoms with Gasteiger partial charge in [0.15, 0.2) is 16.6 Å². The number of hydrogen-bond acceptors (Lipinski definition) is 7. The van der Waals surface area contributed by atoms with Gasteiger partial charge >= 0.3 is 0 Å². The molecule has 0 unspecified atom stereocenters. The van der Waals surface area contributed by atoms with Gasteiger partial charge in [-0.1, -0.05) is 11.3 Å². The second-order valence-corrected chi connectivity index (χ2v) is 4.69. The number of nitro groups is 1. The van der Waals surface area contributed by atoms with Crippen molar-refractivity contribution >= 4 is 22.2 Å². The molecular weight excluding hydrogens is 270 g/mol. The van der Waals surface area contributed by atoms with E-state index in [2.05, 4.69) is 4.98 Å². The zero-order valence-electron chi connectivity index (χ0n) is 10.0. The number of nitrogen functional groups attached to an aromatic ring is 1. The lowest BCUT2D eigenvalue weighted by Gasteiger charge is -2.09. The highest BCUT2D eigenvalue weighted by atomic mass is 32.1. The van der Waals surface area contributed by atoms with Gasteiger partial charge in [-0.15, -0.1) is 0 Å². The van der Waals surface area contributed by atoms with E-state index in [0.717, 1.165) is 4.88 Å². The molecular formula is C11H11N3O4S. The molecule has 1 heterocycles. The second kappa shape index (κ2) is 5.53. The second-order valence-electron chi connectivity index (χ2n) is 3.55. The molecule has 2 N–H and O–H groups in total. The summed E-state index contributed by atoms with van der Waals surface area (Å²) >= 11 is 1.30. The van der Waals surface area contributed by atoms with E-state index in [1.165, 1.54) is 36.6 Å². The van der Waals surface area contributed by atoms with Gasteiger partial charge in [0.1, 0.15) is 6.61 Å². The maximum Gasteiger partial charge on any atom is 0.273 e. The summed E-state index contributed by atoms with van der Waals surface area (Å²) in [5.74, 6) is 0.742. The van der Waals surface area contributed by atoms with Gasteiger partial charge in [-0.25, -0.2) is 4.98 Å². The average Bonchev–Trinajstić information content (AvgIpc) is 2.81. The maximum absolute atomic E-state index is 10.7. The average molecular weight is 281 g/mol. The molecule has 0 fully saturated rings. The van der Waals surface area contributed by atoms with Crippen LogP contribution in [0.4, 0.5) is 10.8 Å². The number of nitro benzene ring substituents is 1. The lowest BCUT2D eigenvalue weighted by molar-refractivity contribution is -0.385. The van der Waals surface area contributed by atoms with E-state index in [1.54, 1.807) is 6.20 Å². The van der Waals surface area contributed by atoms with E-state index in [-0.39, 0.29) is 12.3 Å². The highest BCUT2D eigenvalue weighted by Crippen LogP contribution is 2.32. The van der Waals surface area contributed by atoms with E-state index < -0.39 is 4.92 Å². The van der Waals surface area contributed by atoms with Crippen molar-refractivity contribution in [3.8, 4) is 11.5 Å². The standard InChI is InChI=1S/C11H11N3O4S/c1-17-9-3-2-7(14(15)16)4-10(9)18-6-8-5-13-11(12)19-8/h2-5H,6H2,1H3,(H2,12,13). The Morgan fingerprint density at radius 3 is 2.84 bits per heavy atom. The van der Waals surface area contributed by atoms with Crippen molar-refractivity contribution < 1.29 is 14.4 Å². The number of hydrogen-bond donors (Lipinski definition) is 1. The summed E-state index contributed by atoms with van der Waals surface area (Å²) in [6, 6.07) is 4.17. The first kappa shape index (κ1) is 13.1.